The molecule has 0 amide bonds. The second kappa shape index (κ2) is 11.9. The van der Waals surface area contributed by atoms with Gasteiger partial charge in [-0.3, -0.25) is 4.79 Å². The lowest BCUT2D eigenvalue weighted by atomic mass is 10.1. The zero-order chi connectivity index (χ0) is 22.9. The molecular formula is C28H35NO4. The van der Waals surface area contributed by atoms with Crippen molar-refractivity contribution >= 4 is 11.0 Å². The lowest BCUT2D eigenvalue weighted by Gasteiger charge is -2.13. The van der Waals surface area contributed by atoms with E-state index in [9.17, 15) is 4.79 Å². The number of benzene rings is 2. The standard InChI is InChI=1S/C28H35NO4/c1-31-26-13-7-6-12-24(26)28-21-25(30)23-15-14-22(20-27(23)33-28)32-19-11-5-3-2-4-8-16-29-17-9-10-18-29/h6-7,12-15,20-21H,2-5,8-11,16-19H2,1H3. The molecule has 1 aromatic heterocycles. The minimum absolute atomic E-state index is 0.0755. The first-order chi connectivity index (χ1) is 16.2. The summed E-state index contributed by atoms with van der Waals surface area (Å²) in [5, 5.41) is 0.551. The van der Waals surface area contributed by atoms with Crippen LogP contribution in [0, 0.1) is 0 Å². The molecule has 176 valence electrons. The number of hydrogen-bond donors (Lipinski definition) is 0. The van der Waals surface area contributed by atoms with Crippen molar-refractivity contribution < 1.29 is 13.9 Å². The first kappa shape index (κ1) is 23.4. The average Bonchev–Trinajstić information content (AvgIpc) is 3.36. The molecule has 0 unspecified atom stereocenters. The van der Waals surface area contributed by atoms with Gasteiger partial charge in [0, 0.05) is 12.1 Å². The van der Waals surface area contributed by atoms with Crippen LogP contribution < -0.4 is 14.9 Å². The molecule has 4 rings (SSSR count). The van der Waals surface area contributed by atoms with Crippen LogP contribution in [0.25, 0.3) is 22.3 Å². The number of unbranched alkanes of at least 4 members (excludes halogenated alkanes) is 5. The Bertz CT molecular complexity index is 1080. The summed E-state index contributed by atoms with van der Waals surface area (Å²) in [6, 6.07) is 14.5. The van der Waals surface area contributed by atoms with E-state index in [2.05, 4.69) is 4.90 Å². The Morgan fingerprint density at radius 2 is 1.67 bits per heavy atom. The van der Waals surface area contributed by atoms with Crippen molar-refractivity contribution in [2.75, 3.05) is 33.4 Å². The van der Waals surface area contributed by atoms with E-state index < -0.39 is 0 Å². The van der Waals surface area contributed by atoms with Crippen molar-refractivity contribution in [1.29, 1.82) is 0 Å². The molecule has 1 aliphatic heterocycles. The summed E-state index contributed by atoms with van der Waals surface area (Å²) in [7, 11) is 1.61. The summed E-state index contributed by atoms with van der Waals surface area (Å²) in [6.07, 6.45) is 10.2. The molecule has 1 saturated heterocycles. The van der Waals surface area contributed by atoms with Crippen LogP contribution in [0.4, 0.5) is 0 Å². The summed E-state index contributed by atoms with van der Waals surface area (Å²) < 4.78 is 17.4. The lowest BCUT2D eigenvalue weighted by molar-refractivity contribution is 0.302. The molecule has 0 aliphatic carbocycles. The third-order valence-corrected chi connectivity index (χ3v) is 6.41. The molecule has 0 bridgehead atoms. The first-order valence-electron chi connectivity index (χ1n) is 12.3. The molecular weight excluding hydrogens is 414 g/mol. The first-order valence-corrected chi connectivity index (χ1v) is 12.3. The van der Waals surface area contributed by atoms with E-state index in [1.807, 2.05) is 36.4 Å². The van der Waals surface area contributed by atoms with Gasteiger partial charge in [0.15, 0.2) is 5.43 Å². The average molecular weight is 450 g/mol. The number of hydrogen-bond acceptors (Lipinski definition) is 5. The van der Waals surface area contributed by atoms with Gasteiger partial charge >= 0.3 is 0 Å². The van der Waals surface area contributed by atoms with Crippen molar-refractivity contribution in [2.45, 2.75) is 51.4 Å². The largest absolute Gasteiger partial charge is 0.496 e. The number of ether oxygens (including phenoxy) is 2. The van der Waals surface area contributed by atoms with Gasteiger partial charge in [0.05, 0.1) is 24.7 Å². The fourth-order valence-corrected chi connectivity index (χ4v) is 4.55. The molecule has 2 heterocycles. The monoisotopic (exact) mass is 449 g/mol. The van der Waals surface area contributed by atoms with Crippen molar-refractivity contribution in [1.82, 2.24) is 4.90 Å². The van der Waals surface area contributed by atoms with Gasteiger partial charge in [0.1, 0.15) is 22.8 Å². The second-order valence-corrected chi connectivity index (χ2v) is 8.85. The minimum atomic E-state index is -0.0755. The topological polar surface area (TPSA) is 51.9 Å². The van der Waals surface area contributed by atoms with Crippen molar-refractivity contribution in [2.24, 2.45) is 0 Å². The highest BCUT2D eigenvalue weighted by molar-refractivity contribution is 5.80. The van der Waals surface area contributed by atoms with Crippen LogP contribution in [0.3, 0.4) is 0 Å². The van der Waals surface area contributed by atoms with Gasteiger partial charge in [-0.15, -0.1) is 0 Å². The van der Waals surface area contributed by atoms with Crippen molar-refractivity contribution in [3.05, 3.63) is 58.8 Å². The number of fused-ring (bicyclic) bond motifs is 1. The van der Waals surface area contributed by atoms with Gasteiger partial charge < -0.3 is 18.8 Å². The Morgan fingerprint density at radius 1 is 0.909 bits per heavy atom. The molecule has 3 aromatic rings. The molecule has 0 atom stereocenters. The number of rotatable bonds is 12. The Morgan fingerprint density at radius 3 is 2.48 bits per heavy atom. The third kappa shape index (κ3) is 6.38. The molecule has 1 fully saturated rings. The zero-order valence-corrected chi connectivity index (χ0v) is 19.7. The summed E-state index contributed by atoms with van der Waals surface area (Å²) in [4.78, 5) is 15.2. The molecule has 5 heteroatoms. The predicted octanol–water partition coefficient (Wildman–Crippen LogP) is 6.28. The van der Waals surface area contributed by atoms with Crippen LogP contribution in [-0.4, -0.2) is 38.3 Å². The molecule has 0 saturated carbocycles. The van der Waals surface area contributed by atoms with Gasteiger partial charge in [-0.25, -0.2) is 0 Å². The maximum Gasteiger partial charge on any atom is 0.193 e. The molecule has 33 heavy (non-hydrogen) atoms. The van der Waals surface area contributed by atoms with Gasteiger partial charge in [-0.1, -0.05) is 37.8 Å². The van der Waals surface area contributed by atoms with Gasteiger partial charge in [0.25, 0.3) is 0 Å². The smallest absolute Gasteiger partial charge is 0.193 e. The second-order valence-electron chi connectivity index (χ2n) is 8.85. The summed E-state index contributed by atoms with van der Waals surface area (Å²) >= 11 is 0. The van der Waals surface area contributed by atoms with Crippen LogP contribution in [-0.2, 0) is 0 Å². The van der Waals surface area contributed by atoms with Gasteiger partial charge in [-0.2, -0.15) is 0 Å². The molecule has 5 nitrogen and oxygen atoms in total. The predicted molar refractivity (Wildman–Crippen MR) is 133 cm³/mol. The summed E-state index contributed by atoms with van der Waals surface area (Å²) in [5.41, 5.74) is 1.21. The quantitative estimate of drug-likeness (QED) is 0.304. The fraction of sp³-hybridized carbons (Fsp3) is 0.464. The van der Waals surface area contributed by atoms with Crippen LogP contribution in [0.2, 0.25) is 0 Å². The summed E-state index contributed by atoms with van der Waals surface area (Å²) in [6.45, 7) is 4.56. The number of para-hydroxylation sites is 1. The van der Waals surface area contributed by atoms with E-state index in [4.69, 9.17) is 13.9 Å². The highest BCUT2D eigenvalue weighted by atomic mass is 16.5. The van der Waals surface area contributed by atoms with E-state index >= 15 is 0 Å². The lowest BCUT2D eigenvalue weighted by Crippen LogP contribution is -2.20. The highest BCUT2D eigenvalue weighted by Crippen LogP contribution is 2.31. The minimum Gasteiger partial charge on any atom is -0.496 e. The van der Waals surface area contributed by atoms with Crippen LogP contribution in [0.5, 0.6) is 11.5 Å². The zero-order valence-electron chi connectivity index (χ0n) is 19.7. The van der Waals surface area contributed by atoms with E-state index in [0.717, 1.165) is 17.7 Å². The number of likely N-dealkylation sites (tertiary alicyclic amines) is 1. The Labute approximate surface area is 196 Å². The molecule has 0 N–H and O–H groups in total. The Hall–Kier alpha value is -2.79. The Balaban J connectivity index is 1.26. The highest BCUT2D eigenvalue weighted by Gasteiger charge is 2.12. The molecule has 1 aliphatic rings. The van der Waals surface area contributed by atoms with Crippen LogP contribution >= 0.6 is 0 Å². The number of methoxy groups -OCH3 is 1. The summed E-state index contributed by atoms with van der Waals surface area (Å²) in [5.74, 6) is 1.89. The molecule has 0 spiro atoms. The maximum absolute atomic E-state index is 12.6. The van der Waals surface area contributed by atoms with E-state index in [1.165, 1.54) is 70.6 Å². The molecule has 0 radical (unpaired) electrons. The van der Waals surface area contributed by atoms with E-state index in [1.54, 1.807) is 13.2 Å². The molecule has 2 aromatic carbocycles. The SMILES string of the molecule is COc1ccccc1-c1cc(=O)c2ccc(OCCCCCCCCN3CCCC3)cc2o1. The van der Waals surface area contributed by atoms with Gasteiger partial charge in [-0.05, 0) is 69.6 Å². The van der Waals surface area contributed by atoms with E-state index in [-0.39, 0.29) is 5.43 Å². The van der Waals surface area contributed by atoms with E-state index in [0.29, 0.717) is 29.1 Å². The fourth-order valence-electron chi connectivity index (χ4n) is 4.55. The van der Waals surface area contributed by atoms with Crippen LogP contribution in [0.15, 0.2) is 57.7 Å². The van der Waals surface area contributed by atoms with Crippen molar-refractivity contribution in [3.8, 4) is 22.8 Å². The van der Waals surface area contributed by atoms with Gasteiger partial charge in [0.2, 0.25) is 0 Å². The maximum atomic E-state index is 12.6. The van der Waals surface area contributed by atoms with Crippen LogP contribution in [0.1, 0.15) is 51.4 Å². The normalized spacial score (nSPS) is 14.1. The van der Waals surface area contributed by atoms with Crippen molar-refractivity contribution in [3.63, 3.8) is 0 Å². The third-order valence-electron chi connectivity index (χ3n) is 6.41. The Kier molecular flexibility index (Phi) is 8.42. The number of nitrogens with zero attached hydrogens (tertiary/aromatic N) is 1.